The molecule has 7 nitrogen and oxygen atoms in total. The molecule has 2 aromatic rings. The summed E-state index contributed by atoms with van der Waals surface area (Å²) >= 11 is 0. The van der Waals surface area contributed by atoms with Crippen LogP contribution in [0.5, 0.6) is 0 Å². The molecule has 0 fully saturated rings. The minimum Gasteiger partial charge on any atom is -0.361 e. The summed E-state index contributed by atoms with van der Waals surface area (Å²) < 4.78 is 31.3. The van der Waals surface area contributed by atoms with Gasteiger partial charge in [0.1, 0.15) is 5.76 Å². The number of nitrogens with zero attached hydrogens (tertiary/aromatic N) is 2. The largest absolute Gasteiger partial charge is 0.361 e. The Morgan fingerprint density at radius 1 is 1.16 bits per heavy atom. The van der Waals surface area contributed by atoms with Crippen LogP contribution >= 0.6 is 24.0 Å². The van der Waals surface area contributed by atoms with Gasteiger partial charge in [0.25, 0.3) is 0 Å². The summed E-state index contributed by atoms with van der Waals surface area (Å²) in [4.78, 5) is 4.62. The maximum Gasteiger partial charge on any atom is 0.191 e. The molecule has 0 spiro atoms. The number of rotatable bonds is 9. The van der Waals surface area contributed by atoms with Crippen molar-refractivity contribution in [2.75, 3.05) is 12.8 Å². The highest BCUT2D eigenvalue weighted by molar-refractivity contribution is 14.0. The van der Waals surface area contributed by atoms with Crippen LogP contribution in [0.3, 0.4) is 0 Å². The summed E-state index contributed by atoms with van der Waals surface area (Å²) in [7, 11) is -1.74. The molecule has 2 N–H and O–H groups in total. The topological polar surface area (TPSA) is 96.6 Å². The Hall–Kier alpha value is -1.62. The molecule has 1 aromatic carbocycles. The van der Waals surface area contributed by atoms with Crippen molar-refractivity contribution in [1.29, 1.82) is 0 Å². The van der Waals surface area contributed by atoms with E-state index in [2.05, 4.69) is 20.8 Å². The smallest absolute Gasteiger partial charge is 0.191 e. The molecule has 0 radical (unpaired) electrons. The molecule has 0 saturated carbocycles. The molecule has 0 aliphatic carbocycles. The first-order valence-electron chi connectivity index (χ1n) is 10.5. The summed E-state index contributed by atoms with van der Waals surface area (Å²) in [5, 5.41) is 10.7. The van der Waals surface area contributed by atoms with Crippen molar-refractivity contribution in [3.05, 3.63) is 46.3 Å². The molecule has 1 heterocycles. The van der Waals surface area contributed by atoms with E-state index >= 15 is 0 Å². The number of hydrogen-bond donors (Lipinski definition) is 2. The summed E-state index contributed by atoms with van der Waals surface area (Å²) in [6.07, 6.45) is 2.21. The van der Waals surface area contributed by atoms with E-state index in [0.29, 0.717) is 23.8 Å². The standard InChI is InChI=1S/C22H34N4O3S.HI/c1-7-17(14-30(27,28)18-11-10-15(4)16(5)12-18)25-22(23-6)24-13-19-20(8-2)26-29-21(19)9-3;/h10-12,17H,7-9,13-14H2,1-6H3,(H2,23,24,25);1H. The minimum atomic E-state index is -3.41. The van der Waals surface area contributed by atoms with E-state index in [1.807, 2.05) is 40.7 Å². The Kier molecular flexibility index (Phi) is 11.0. The molecular weight excluding hydrogens is 527 g/mol. The average molecular weight is 563 g/mol. The molecule has 31 heavy (non-hydrogen) atoms. The highest BCUT2D eigenvalue weighted by Gasteiger charge is 2.22. The lowest BCUT2D eigenvalue weighted by Gasteiger charge is -2.20. The van der Waals surface area contributed by atoms with Gasteiger partial charge in [0, 0.05) is 31.6 Å². The second-order valence-corrected chi connectivity index (χ2v) is 9.48. The quantitative estimate of drug-likeness (QED) is 0.273. The van der Waals surface area contributed by atoms with Crippen LogP contribution in [0.4, 0.5) is 0 Å². The molecule has 0 bridgehead atoms. The predicted octanol–water partition coefficient (Wildman–Crippen LogP) is 3.95. The van der Waals surface area contributed by atoms with E-state index in [1.165, 1.54) is 0 Å². The Labute approximate surface area is 203 Å². The van der Waals surface area contributed by atoms with Crippen LogP contribution < -0.4 is 10.6 Å². The summed E-state index contributed by atoms with van der Waals surface area (Å²) in [5.41, 5.74) is 4.02. The van der Waals surface area contributed by atoms with Crippen molar-refractivity contribution in [2.45, 2.75) is 71.4 Å². The van der Waals surface area contributed by atoms with E-state index in [-0.39, 0.29) is 35.8 Å². The fraction of sp³-hybridized carbons (Fsp3) is 0.545. The molecule has 1 atom stereocenters. The van der Waals surface area contributed by atoms with Crippen LogP contribution in [0, 0.1) is 13.8 Å². The fourth-order valence-corrected chi connectivity index (χ4v) is 4.90. The van der Waals surface area contributed by atoms with Crippen LogP contribution in [0.1, 0.15) is 55.3 Å². The van der Waals surface area contributed by atoms with Crippen LogP contribution in [-0.2, 0) is 29.2 Å². The molecule has 0 aliphatic heterocycles. The van der Waals surface area contributed by atoms with E-state index in [1.54, 1.807) is 19.2 Å². The number of nitrogens with one attached hydrogen (secondary N) is 2. The number of aliphatic imine (C=N–C) groups is 1. The molecular formula is C22H35IN4O3S. The second kappa shape index (κ2) is 12.4. The number of benzene rings is 1. The van der Waals surface area contributed by atoms with Gasteiger partial charge in [0.05, 0.1) is 16.3 Å². The molecule has 1 aromatic heterocycles. The predicted molar refractivity (Wildman–Crippen MR) is 136 cm³/mol. The summed E-state index contributed by atoms with van der Waals surface area (Å²) in [6.45, 7) is 10.5. The monoisotopic (exact) mass is 562 g/mol. The van der Waals surface area contributed by atoms with E-state index in [0.717, 1.165) is 41.0 Å². The minimum absolute atomic E-state index is 0. The van der Waals surface area contributed by atoms with E-state index < -0.39 is 9.84 Å². The maximum atomic E-state index is 12.9. The van der Waals surface area contributed by atoms with Gasteiger partial charge in [0.2, 0.25) is 0 Å². The Bertz CT molecular complexity index is 965. The number of guanidine groups is 1. The summed E-state index contributed by atoms with van der Waals surface area (Å²) in [6, 6.07) is 5.02. The molecule has 2 rings (SSSR count). The average Bonchev–Trinajstić information content (AvgIpc) is 3.13. The van der Waals surface area contributed by atoms with Crippen molar-refractivity contribution in [2.24, 2.45) is 4.99 Å². The maximum absolute atomic E-state index is 12.9. The van der Waals surface area contributed by atoms with Gasteiger partial charge in [-0.3, -0.25) is 4.99 Å². The first-order chi connectivity index (χ1) is 14.2. The van der Waals surface area contributed by atoms with E-state index in [4.69, 9.17) is 4.52 Å². The van der Waals surface area contributed by atoms with Gasteiger partial charge < -0.3 is 15.2 Å². The van der Waals surface area contributed by atoms with Gasteiger partial charge >= 0.3 is 0 Å². The second-order valence-electron chi connectivity index (χ2n) is 7.44. The third-order valence-electron chi connectivity index (χ3n) is 5.35. The molecule has 174 valence electrons. The van der Waals surface area contributed by atoms with Crippen molar-refractivity contribution < 1.29 is 12.9 Å². The molecule has 0 aliphatic rings. The van der Waals surface area contributed by atoms with Gasteiger partial charge in [-0.05, 0) is 49.9 Å². The first kappa shape index (κ1) is 27.4. The van der Waals surface area contributed by atoms with Crippen molar-refractivity contribution in [1.82, 2.24) is 15.8 Å². The Morgan fingerprint density at radius 2 is 1.87 bits per heavy atom. The van der Waals surface area contributed by atoms with Gasteiger partial charge in [-0.15, -0.1) is 24.0 Å². The highest BCUT2D eigenvalue weighted by atomic mass is 127. The number of sulfone groups is 1. The SMILES string of the molecule is CCc1noc(CC)c1CNC(=NC)NC(CC)CS(=O)(=O)c1ccc(C)c(C)c1.I. The Morgan fingerprint density at radius 3 is 2.42 bits per heavy atom. The van der Waals surface area contributed by atoms with Crippen LogP contribution in [0.25, 0.3) is 0 Å². The number of aryl methyl sites for hydroxylation is 4. The number of halogens is 1. The van der Waals surface area contributed by atoms with E-state index in [9.17, 15) is 8.42 Å². The zero-order valence-electron chi connectivity index (χ0n) is 19.3. The van der Waals surface area contributed by atoms with Crippen molar-refractivity contribution in [3.8, 4) is 0 Å². The van der Waals surface area contributed by atoms with Gasteiger partial charge in [-0.1, -0.05) is 32.0 Å². The Balaban J connectivity index is 0.00000480. The van der Waals surface area contributed by atoms with Crippen molar-refractivity contribution in [3.63, 3.8) is 0 Å². The number of aromatic nitrogens is 1. The lowest BCUT2D eigenvalue weighted by molar-refractivity contribution is 0.380. The molecule has 9 heteroatoms. The van der Waals surface area contributed by atoms with Gasteiger partial charge in [-0.25, -0.2) is 8.42 Å². The zero-order chi connectivity index (χ0) is 22.3. The molecule has 1 unspecified atom stereocenters. The van der Waals surface area contributed by atoms with Gasteiger partial charge in [-0.2, -0.15) is 0 Å². The first-order valence-corrected chi connectivity index (χ1v) is 12.1. The molecule has 0 amide bonds. The third-order valence-corrected chi connectivity index (χ3v) is 7.17. The van der Waals surface area contributed by atoms with Crippen molar-refractivity contribution >= 4 is 39.8 Å². The highest BCUT2D eigenvalue weighted by Crippen LogP contribution is 2.18. The molecule has 0 saturated heterocycles. The summed E-state index contributed by atoms with van der Waals surface area (Å²) in [5.74, 6) is 1.42. The van der Waals surface area contributed by atoms with Crippen LogP contribution in [0.15, 0.2) is 32.6 Å². The van der Waals surface area contributed by atoms with Crippen LogP contribution in [0.2, 0.25) is 0 Å². The lowest BCUT2D eigenvalue weighted by Crippen LogP contribution is -2.45. The zero-order valence-corrected chi connectivity index (χ0v) is 22.4. The normalized spacial score (nSPS) is 12.9. The van der Waals surface area contributed by atoms with Crippen LogP contribution in [-0.4, -0.2) is 38.4 Å². The third kappa shape index (κ3) is 7.20. The lowest BCUT2D eigenvalue weighted by atomic mass is 10.1. The fourth-order valence-electron chi connectivity index (χ4n) is 3.23. The van der Waals surface area contributed by atoms with Gasteiger partial charge in [0.15, 0.2) is 15.8 Å². The number of hydrogen-bond acceptors (Lipinski definition) is 5.